The van der Waals surface area contributed by atoms with Crippen LogP contribution in [0.15, 0.2) is 96.1 Å². The summed E-state index contributed by atoms with van der Waals surface area (Å²) >= 11 is -0.860. The van der Waals surface area contributed by atoms with Crippen LogP contribution in [-0.4, -0.2) is 0 Å². The normalized spacial score (nSPS) is 16.7. The van der Waals surface area contributed by atoms with E-state index in [1.54, 1.807) is 22.3 Å². The molecule has 4 aromatic carbocycles. The second-order valence-corrected chi connectivity index (χ2v) is 14.2. The van der Waals surface area contributed by atoms with Gasteiger partial charge in [0.05, 0.1) is 0 Å². The summed E-state index contributed by atoms with van der Waals surface area (Å²) in [5.74, 6) is 0. The fraction of sp³-hybridized carbons (Fsp3) is 0.222. The van der Waals surface area contributed by atoms with Crippen LogP contribution in [-0.2, 0) is 36.1 Å². The number of benzene rings is 4. The third kappa shape index (κ3) is 5.56. The average Bonchev–Trinajstić information content (AvgIpc) is 3.44. The van der Waals surface area contributed by atoms with Gasteiger partial charge in [-0.3, -0.25) is 0 Å². The smallest absolute Gasteiger partial charge is 1.00 e. The average molecular weight is 629 g/mol. The molecule has 0 aromatic heterocycles. The molecule has 0 nitrogen and oxygen atoms in total. The maximum absolute atomic E-state index is 2.49. The van der Waals surface area contributed by atoms with Gasteiger partial charge in [0.1, 0.15) is 0 Å². The van der Waals surface area contributed by atoms with Crippen molar-refractivity contribution in [1.29, 1.82) is 0 Å². The first-order chi connectivity index (χ1) is 18.1. The van der Waals surface area contributed by atoms with E-state index in [-0.39, 0.29) is 24.8 Å². The zero-order chi connectivity index (χ0) is 25.5. The van der Waals surface area contributed by atoms with E-state index in [9.17, 15) is 0 Å². The van der Waals surface area contributed by atoms with Crippen molar-refractivity contribution in [3.8, 4) is 22.3 Å². The van der Waals surface area contributed by atoms with Gasteiger partial charge in [-0.2, -0.15) is 0 Å². The predicted molar refractivity (Wildman–Crippen MR) is 155 cm³/mol. The number of rotatable bonds is 6. The van der Waals surface area contributed by atoms with Crippen LogP contribution in [0.5, 0.6) is 0 Å². The molecule has 0 saturated carbocycles. The van der Waals surface area contributed by atoms with Crippen molar-refractivity contribution >= 4 is 12.2 Å². The molecular weight excluding hydrogens is 595 g/mol. The van der Waals surface area contributed by atoms with E-state index in [1.807, 2.05) is 0 Å². The van der Waals surface area contributed by atoms with E-state index in [0.717, 1.165) is 12.8 Å². The van der Waals surface area contributed by atoms with Crippen molar-refractivity contribution in [2.24, 2.45) is 0 Å². The molecule has 3 heteroatoms. The molecule has 2 aliphatic rings. The minimum absolute atomic E-state index is 0. The van der Waals surface area contributed by atoms with Crippen molar-refractivity contribution < 1.29 is 48.0 Å². The van der Waals surface area contributed by atoms with Crippen LogP contribution in [0.3, 0.4) is 0 Å². The number of allylic oxidation sites excluding steroid dienone is 2. The van der Waals surface area contributed by atoms with Crippen LogP contribution >= 0.6 is 0 Å². The van der Waals surface area contributed by atoms with E-state index in [2.05, 4.69) is 125 Å². The fourth-order valence-corrected chi connectivity index (χ4v) is 10.7. The summed E-state index contributed by atoms with van der Waals surface area (Å²) in [5.41, 5.74) is 17.4. The van der Waals surface area contributed by atoms with Gasteiger partial charge in [0.2, 0.25) is 0 Å². The Bertz CT molecular complexity index is 1410. The van der Waals surface area contributed by atoms with Gasteiger partial charge < -0.3 is 24.8 Å². The topological polar surface area (TPSA) is 0 Å². The summed E-state index contributed by atoms with van der Waals surface area (Å²) < 4.78 is 1.25. The van der Waals surface area contributed by atoms with Gasteiger partial charge in [0, 0.05) is 0 Å². The van der Waals surface area contributed by atoms with Gasteiger partial charge in [0.15, 0.2) is 0 Å². The van der Waals surface area contributed by atoms with Gasteiger partial charge in [-0.05, 0) is 0 Å². The Morgan fingerprint density at radius 2 is 0.923 bits per heavy atom. The SMILES string of the molecule is CCc1ccc(-c2cccc3c2C=C(C)[CH]3[Zr+2][CH]2C(C)=Cc3c(-c4ccc(CC)cc4)cccc32)cc1.[Cl-].[Cl-]. The standard InChI is InChI=1S/2C18H17.2ClH.Zr/c2*1-3-14-7-9-15(10-8-14)17-6-4-5-16-11-13(2)12-18(16)17;;;/h2*4-12H,3H2,1-2H3;2*1H;/q;;;;+2/p-2. The molecule has 0 heterocycles. The molecule has 0 saturated heterocycles. The van der Waals surface area contributed by atoms with E-state index >= 15 is 0 Å². The van der Waals surface area contributed by atoms with Gasteiger partial charge in [-0.25, -0.2) is 0 Å². The van der Waals surface area contributed by atoms with Crippen LogP contribution in [0.4, 0.5) is 0 Å². The first-order valence-electron chi connectivity index (χ1n) is 13.6. The van der Waals surface area contributed by atoms with E-state index in [1.165, 1.54) is 44.5 Å². The third-order valence-electron chi connectivity index (χ3n) is 8.24. The Labute approximate surface area is 258 Å². The zero-order valence-electron chi connectivity index (χ0n) is 23.1. The van der Waals surface area contributed by atoms with Crippen LogP contribution in [0.1, 0.15) is 68.3 Å². The molecule has 0 fully saturated rings. The second kappa shape index (κ2) is 12.6. The number of aryl methyl sites for hydroxylation is 2. The number of hydrogen-bond donors (Lipinski definition) is 0. The van der Waals surface area contributed by atoms with E-state index in [0.29, 0.717) is 7.25 Å². The largest absolute Gasteiger partial charge is 1.00 e. The number of fused-ring (bicyclic) bond motifs is 2. The first kappa shape index (κ1) is 29.8. The van der Waals surface area contributed by atoms with Crippen LogP contribution in [0.25, 0.3) is 34.4 Å². The molecule has 39 heavy (non-hydrogen) atoms. The Morgan fingerprint density at radius 1 is 0.538 bits per heavy atom. The number of halogens is 2. The summed E-state index contributed by atoms with van der Waals surface area (Å²) in [6, 6.07) is 32.3. The quantitative estimate of drug-likeness (QED) is 0.305. The molecule has 196 valence electrons. The summed E-state index contributed by atoms with van der Waals surface area (Å²) in [7, 11) is 0. The minimum atomic E-state index is -0.860. The molecule has 2 atom stereocenters. The van der Waals surface area contributed by atoms with Crippen molar-refractivity contribution in [2.75, 3.05) is 0 Å². The van der Waals surface area contributed by atoms with E-state index < -0.39 is 23.2 Å². The predicted octanol–water partition coefficient (Wildman–Crippen LogP) is 3.85. The Hall–Kier alpha value is -2.18. The molecular formula is C36H34Cl2Zr. The Balaban J connectivity index is 0.00000176. The third-order valence-corrected chi connectivity index (χ3v) is 13.6. The Kier molecular flexibility index (Phi) is 9.59. The molecule has 2 aliphatic carbocycles. The molecule has 0 N–H and O–H groups in total. The van der Waals surface area contributed by atoms with Gasteiger partial charge in [-0.1, -0.05) is 0 Å². The molecule has 0 radical (unpaired) electrons. The zero-order valence-corrected chi connectivity index (χ0v) is 27.0. The molecule has 0 bridgehead atoms. The molecule has 4 aromatic rings. The summed E-state index contributed by atoms with van der Waals surface area (Å²) in [4.78, 5) is 0. The fourth-order valence-electron chi connectivity index (χ4n) is 6.06. The van der Waals surface area contributed by atoms with Crippen molar-refractivity contribution in [3.63, 3.8) is 0 Å². The number of hydrogen-bond acceptors (Lipinski definition) is 0. The molecule has 2 unspecified atom stereocenters. The summed E-state index contributed by atoms with van der Waals surface area (Å²) in [5, 5.41) is 0. The monoisotopic (exact) mass is 626 g/mol. The van der Waals surface area contributed by atoms with Gasteiger partial charge in [-0.15, -0.1) is 0 Å². The molecule has 0 spiro atoms. The second-order valence-electron chi connectivity index (χ2n) is 10.5. The summed E-state index contributed by atoms with van der Waals surface area (Å²) in [6.07, 6.45) is 7.15. The van der Waals surface area contributed by atoms with E-state index in [4.69, 9.17) is 0 Å². The van der Waals surface area contributed by atoms with Crippen molar-refractivity contribution in [3.05, 3.63) is 129 Å². The molecule has 0 aliphatic heterocycles. The van der Waals surface area contributed by atoms with Crippen LogP contribution < -0.4 is 24.8 Å². The van der Waals surface area contributed by atoms with Crippen LogP contribution in [0, 0.1) is 0 Å². The van der Waals surface area contributed by atoms with Gasteiger partial charge >= 0.3 is 235 Å². The van der Waals surface area contributed by atoms with Crippen molar-refractivity contribution in [1.82, 2.24) is 0 Å². The van der Waals surface area contributed by atoms with Gasteiger partial charge in [0.25, 0.3) is 0 Å². The molecule has 0 amide bonds. The molecule has 6 rings (SSSR count). The van der Waals surface area contributed by atoms with Crippen molar-refractivity contribution in [2.45, 2.75) is 47.8 Å². The maximum Gasteiger partial charge on any atom is -1.00 e. The minimum Gasteiger partial charge on any atom is -1.00 e. The van der Waals surface area contributed by atoms with Crippen LogP contribution in [0.2, 0.25) is 0 Å². The maximum atomic E-state index is 2.49. The first-order valence-corrected chi connectivity index (χ1v) is 16.5. The Morgan fingerprint density at radius 3 is 1.28 bits per heavy atom. The summed E-state index contributed by atoms with van der Waals surface area (Å²) in [6.45, 7) is 9.19.